The maximum atomic E-state index is 3.72. The zero-order chi connectivity index (χ0) is 11.9. The Balaban J connectivity index is 1.56. The molecule has 1 unspecified atom stereocenters. The van der Waals surface area contributed by atoms with Crippen LogP contribution in [-0.4, -0.2) is 36.6 Å². The standard InChI is InChI=1S/C15H30N2/c1-14-8-3-2-6-12-17(14)13-7-11-16-15-9-4-5-10-15/h14-16H,2-13H2,1H3. The van der Waals surface area contributed by atoms with E-state index in [9.17, 15) is 0 Å². The Bertz CT molecular complexity index is 199. The summed E-state index contributed by atoms with van der Waals surface area (Å²) in [6.07, 6.45) is 12.8. The second kappa shape index (κ2) is 7.38. The van der Waals surface area contributed by atoms with Gasteiger partial charge >= 0.3 is 0 Å². The van der Waals surface area contributed by atoms with E-state index in [0.29, 0.717) is 0 Å². The molecule has 0 radical (unpaired) electrons. The highest BCUT2D eigenvalue weighted by Gasteiger charge is 2.17. The third-order valence-corrected chi connectivity index (χ3v) is 4.60. The van der Waals surface area contributed by atoms with E-state index in [-0.39, 0.29) is 0 Å². The Labute approximate surface area is 107 Å². The van der Waals surface area contributed by atoms with E-state index in [4.69, 9.17) is 0 Å². The van der Waals surface area contributed by atoms with Crippen LogP contribution in [0.15, 0.2) is 0 Å². The third kappa shape index (κ3) is 4.59. The molecule has 1 aliphatic heterocycles. The summed E-state index contributed by atoms with van der Waals surface area (Å²) in [6, 6.07) is 1.67. The molecular formula is C15H30N2. The van der Waals surface area contributed by atoms with Crippen molar-refractivity contribution in [2.24, 2.45) is 0 Å². The maximum Gasteiger partial charge on any atom is 0.00670 e. The van der Waals surface area contributed by atoms with E-state index in [1.807, 2.05) is 0 Å². The Morgan fingerprint density at radius 3 is 2.59 bits per heavy atom. The number of nitrogens with one attached hydrogen (secondary N) is 1. The molecule has 0 aromatic carbocycles. The van der Waals surface area contributed by atoms with Gasteiger partial charge in [-0.1, -0.05) is 25.7 Å². The largest absolute Gasteiger partial charge is 0.314 e. The van der Waals surface area contributed by atoms with Crippen molar-refractivity contribution in [1.82, 2.24) is 10.2 Å². The molecule has 0 spiro atoms. The van der Waals surface area contributed by atoms with Crippen LogP contribution in [0, 0.1) is 0 Å². The van der Waals surface area contributed by atoms with Gasteiger partial charge in [0.1, 0.15) is 0 Å². The molecule has 100 valence electrons. The first-order valence-corrected chi connectivity index (χ1v) is 7.83. The van der Waals surface area contributed by atoms with Gasteiger partial charge in [-0.05, 0) is 58.7 Å². The number of nitrogens with zero attached hydrogens (tertiary/aromatic N) is 1. The lowest BCUT2D eigenvalue weighted by Crippen LogP contribution is -2.36. The molecule has 0 bridgehead atoms. The fourth-order valence-electron chi connectivity index (χ4n) is 3.38. The van der Waals surface area contributed by atoms with Crippen LogP contribution in [0.1, 0.15) is 64.7 Å². The zero-order valence-electron chi connectivity index (χ0n) is 11.6. The minimum atomic E-state index is 0.823. The fraction of sp³-hybridized carbons (Fsp3) is 1.00. The van der Waals surface area contributed by atoms with Gasteiger partial charge in [-0.25, -0.2) is 0 Å². The van der Waals surface area contributed by atoms with Crippen LogP contribution in [0.3, 0.4) is 0 Å². The fourth-order valence-corrected chi connectivity index (χ4v) is 3.38. The predicted octanol–water partition coefficient (Wildman–Crippen LogP) is 3.17. The van der Waals surface area contributed by atoms with Gasteiger partial charge in [-0.3, -0.25) is 0 Å². The molecule has 2 heteroatoms. The van der Waals surface area contributed by atoms with Crippen molar-refractivity contribution in [1.29, 1.82) is 0 Å². The average Bonchev–Trinajstić information content (AvgIpc) is 2.76. The van der Waals surface area contributed by atoms with Crippen molar-refractivity contribution < 1.29 is 0 Å². The molecule has 17 heavy (non-hydrogen) atoms. The second-order valence-corrected chi connectivity index (χ2v) is 6.02. The summed E-state index contributed by atoms with van der Waals surface area (Å²) < 4.78 is 0. The molecule has 1 heterocycles. The molecule has 2 nitrogen and oxygen atoms in total. The minimum absolute atomic E-state index is 0.823. The average molecular weight is 238 g/mol. The molecule has 2 aliphatic rings. The normalized spacial score (nSPS) is 28.4. The van der Waals surface area contributed by atoms with Crippen molar-refractivity contribution >= 4 is 0 Å². The summed E-state index contributed by atoms with van der Waals surface area (Å²) in [6.45, 7) is 6.29. The summed E-state index contributed by atoms with van der Waals surface area (Å²) in [7, 11) is 0. The van der Waals surface area contributed by atoms with Gasteiger partial charge in [-0.2, -0.15) is 0 Å². The monoisotopic (exact) mass is 238 g/mol. The highest BCUT2D eigenvalue weighted by atomic mass is 15.1. The van der Waals surface area contributed by atoms with Gasteiger partial charge < -0.3 is 10.2 Å². The van der Waals surface area contributed by atoms with Crippen molar-refractivity contribution in [2.45, 2.75) is 76.8 Å². The van der Waals surface area contributed by atoms with E-state index < -0.39 is 0 Å². The summed E-state index contributed by atoms with van der Waals surface area (Å²) in [5.74, 6) is 0. The number of hydrogen-bond acceptors (Lipinski definition) is 2. The summed E-state index contributed by atoms with van der Waals surface area (Å²) in [5, 5.41) is 3.72. The SMILES string of the molecule is CC1CCCCCN1CCCNC1CCCC1. The van der Waals surface area contributed by atoms with E-state index in [2.05, 4.69) is 17.1 Å². The molecule has 1 saturated carbocycles. The van der Waals surface area contributed by atoms with Gasteiger partial charge in [0.05, 0.1) is 0 Å². The summed E-state index contributed by atoms with van der Waals surface area (Å²) in [5.41, 5.74) is 0. The highest BCUT2D eigenvalue weighted by molar-refractivity contribution is 4.75. The molecule has 0 aromatic rings. The molecule has 2 fully saturated rings. The zero-order valence-corrected chi connectivity index (χ0v) is 11.6. The van der Waals surface area contributed by atoms with Crippen LogP contribution in [0.25, 0.3) is 0 Å². The van der Waals surface area contributed by atoms with Gasteiger partial charge in [0.2, 0.25) is 0 Å². The Hall–Kier alpha value is -0.0800. The molecule has 1 aliphatic carbocycles. The van der Waals surface area contributed by atoms with Crippen molar-refractivity contribution in [2.75, 3.05) is 19.6 Å². The van der Waals surface area contributed by atoms with Gasteiger partial charge in [0.25, 0.3) is 0 Å². The van der Waals surface area contributed by atoms with Crippen LogP contribution in [0.5, 0.6) is 0 Å². The van der Waals surface area contributed by atoms with Gasteiger partial charge in [0.15, 0.2) is 0 Å². The van der Waals surface area contributed by atoms with Crippen LogP contribution in [0.4, 0.5) is 0 Å². The second-order valence-electron chi connectivity index (χ2n) is 6.02. The summed E-state index contributed by atoms with van der Waals surface area (Å²) in [4.78, 5) is 2.71. The molecular weight excluding hydrogens is 208 g/mol. The molecule has 0 aromatic heterocycles. The van der Waals surface area contributed by atoms with Gasteiger partial charge in [0, 0.05) is 12.1 Å². The van der Waals surface area contributed by atoms with E-state index in [1.54, 1.807) is 0 Å². The molecule has 1 N–H and O–H groups in total. The van der Waals surface area contributed by atoms with E-state index in [0.717, 1.165) is 12.1 Å². The Morgan fingerprint density at radius 2 is 1.76 bits per heavy atom. The third-order valence-electron chi connectivity index (χ3n) is 4.60. The molecule has 2 rings (SSSR count). The van der Waals surface area contributed by atoms with Crippen molar-refractivity contribution in [3.63, 3.8) is 0 Å². The van der Waals surface area contributed by atoms with E-state index >= 15 is 0 Å². The quantitative estimate of drug-likeness (QED) is 0.740. The molecule has 1 atom stereocenters. The highest BCUT2D eigenvalue weighted by Crippen LogP contribution is 2.18. The number of rotatable bonds is 5. The Kier molecular flexibility index (Phi) is 5.79. The smallest absolute Gasteiger partial charge is 0.00670 e. The van der Waals surface area contributed by atoms with Crippen molar-refractivity contribution in [3.8, 4) is 0 Å². The lowest BCUT2D eigenvalue weighted by atomic mass is 10.1. The van der Waals surface area contributed by atoms with Crippen LogP contribution in [-0.2, 0) is 0 Å². The number of hydrogen-bond donors (Lipinski definition) is 1. The first kappa shape index (κ1) is 13.4. The first-order valence-electron chi connectivity index (χ1n) is 7.83. The number of likely N-dealkylation sites (tertiary alicyclic amines) is 1. The first-order chi connectivity index (χ1) is 8.36. The van der Waals surface area contributed by atoms with Crippen LogP contribution >= 0.6 is 0 Å². The Morgan fingerprint density at radius 1 is 1.00 bits per heavy atom. The van der Waals surface area contributed by atoms with Gasteiger partial charge in [-0.15, -0.1) is 0 Å². The van der Waals surface area contributed by atoms with Crippen LogP contribution in [0.2, 0.25) is 0 Å². The molecule has 1 saturated heterocycles. The lowest BCUT2D eigenvalue weighted by Gasteiger charge is -2.27. The maximum absolute atomic E-state index is 3.72. The van der Waals surface area contributed by atoms with E-state index in [1.165, 1.54) is 77.4 Å². The van der Waals surface area contributed by atoms with Crippen molar-refractivity contribution in [3.05, 3.63) is 0 Å². The molecule has 0 amide bonds. The lowest BCUT2D eigenvalue weighted by molar-refractivity contribution is 0.209. The predicted molar refractivity (Wildman–Crippen MR) is 74.4 cm³/mol. The topological polar surface area (TPSA) is 15.3 Å². The van der Waals surface area contributed by atoms with Crippen LogP contribution < -0.4 is 5.32 Å². The summed E-state index contributed by atoms with van der Waals surface area (Å²) >= 11 is 0. The minimum Gasteiger partial charge on any atom is -0.314 e.